The minimum Gasteiger partial charge on any atom is -0.495 e. The average Bonchev–Trinajstić information content (AvgIpc) is 3.33. The maximum atomic E-state index is 14.0. The van der Waals surface area contributed by atoms with Crippen LogP contribution in [-0.2, 0) is 11.3 Å². The van der Waals surface area contributed by atoms with Gasteiger partial charge in [-0.1, -0.05) is 73.5 Å². The van der Waals surface area contributed by atoms with E-state index >= 15 is 0 Å². The molecule has 1 aliphatic carbocycles. The number of ether oxygens (including phenoxy) is 1. The first kappa shape index (κ1) is 21.3. The van der Waals surface area contributed by atoms with E-state index in [1.165, 1.54) is 0 Å². The summed E-state index contributed by atoms with van der Waals surface area (Å²) >= 11 is 0. The Labute approximate surface area is 194 Å². The SMILES string of the molecule is COc1ccccc1NC(=O)C1c2ccccc2C(=O)N(Cc2ccccc2)C12CCCC2. The number of anilines is 1. The molecule has 2 amide bonds. The van der Waals surface area contributed by atoms with Crippen LogP contribution < -0.4 is 10.1 Å². The second-order valence-electron chi connectivity index (χ2n) is 8.90. The van der Waals surface area contributed by atoms with Gasteiger partial charge in [0.15, 0.2) is 0 Å². The van der Waals surface area contributed by atoms with Crippen LogP contribution in [0.15, 0.2) is 78.9 Å². The van der Waals surface area contributed by atoms with Crippen LogP contribution in [0.1, 0.15) is 53.1 Å². The van der Waals surface area contributed by atoms with Crippen LogP contribution in [0.25, 0.3) is 0 Å². The van der Waals surface area contributed by atoms with Crippen LogP contribution in [-0.4, -0.2) is 29.4 Å². The van der Waals surface area contributed by atoms with Gasteiger partial charge in [-0.05, 0) is 42.2 Å². The number of methoxy groups -OCH3 is 1. The molecule has 1 unspecified atom stereocenters. The number of carbonyl (C=O) groups is 2. The molecule has 33 heavy (non-hydrogen) atoms. The molecular weight excluding hydrogens is 412 g/mol. The Kier molecular flexibility index (Phi) is 5.63. The average molecular weight is 441 g/mol. The predicted octanol–water partition coefficient (Wildman–Crippen LogP) is 5.39. The third-order valence-corrected chi connectivity index (χ3v) is 7.10. The second kappa shape index (κ2) is 8.74. The maximum absolute atomic E-state index is 14.0. The van der Waals surface area contributed by atoms with Crippen LogP contribution in [0.2, 0.25) is 0 Å². The van der Waals surface area contributed by atoms with Crippen molar-refractivity contribution < 1.29 is 14.3 Å². The molecule has 1 N–H and O–H groups in total. The van der Waals surface area contributed by atoms with Crippen molar-refractivity contribution in [3.05, 3.63) is 95.6 Å². The number of hydrogen-bond donors (Lipinski definition) is 1. The summed E-state index contributed by atoms with van der Waals surface area (Å²) in [7, 11) is 1.60. The summed E-state index contributed by atoms with van der Waals surface area (Å²) in [5.41, 5.74) is 2.60. The van der Waals surface area contributed by atoms with E-state index in [2.05, 4.69) is 5.32 Å². The molecule has 1 saturated carbocycles. The molecule has 1 spiro atoms. The lowest BCUT2D eigenvalue weighted by molar-refractivity contribution is -0.121. The van der Waals surface area contributed by atoms with Gasteiger partial charge in [0.05, 0.1) is 24.3 Å². The molecule has 0 bridgehead atoms. The number of benzene rings is 3. The Balaban J connectivity index is 1.60. The van der Waals surface area contributed by atoms with Crippen molar-refractivity contribution >= 4 is 17.5 Å². The highest BCUT2D eigenvalue weighted by atomic mass is 16.5. The lowest BCUT2D eigenvalue weighted by atomic mass is 9.71. The molecule has 3 aromatic rings. The summed E-state index contributed by atoms with van der Waals surface area (Å²) in [6.45, 7) is 0.493. The molecule has 2 aliphatic rings. The van der Waals surface area contributed by atoms with Crippen LogP contribution in [0.4, 0.5) is 5.69 Å². The fourth-order valence-corrected chi connectivity index (χ4v) is 5.62. The molecule has 1 aliphatic heterocycles. The first-order valence-electron chi connectivity index (χ1n) is 11.5. The van der Waals surface area contributed by atoms with Gasteiger partial charge in [0.1, 0.15) is 5.75 Å². The van der Waals surface area contributed by atoms with Gasteiger partial charge in [-0.15, -0.1) is 0 Å². The van der Waals surface area contributed by atoms with E-state index in [1.807, 2.05) is 83.8 Å². The zero-order valence-electron chi connectivity index (χ0n) is 18.8. The fourth-order valence-electron chi connectivity index (χ4n) is 5.62. The van der Waals surface area contributed by atoms with Crippen LogP contribution in [0, 0.1) is 0 Å². The van der Waals surface area contributed by atoms with Gasteiger partial charge in [0.2, 0.25) is 5.91 Å². The van der Waals surface area contributed by atoms with Crippen molar-refractivity contribution in [1.29, 1.82) is 0 Å². The Morgan fingerprint density at radius 3 is 2.39 bits per heavy atom. The van der Waals surface area contributed by atoms with E-state index in [9.17, 15) is 9.59 Å². The van der Waals surface area contributed by atoms with Crippen molar-refractivity contribution in [3.8, 4) is 5.75 Å². The summed E-state index contributed by atoms with van der Waals surface area (Å²) in [6, 6.07) is 25.1. The van der Waals surface area contributed by atoms with Gasteiger partial charge in [0.25, 0.3) is 5.91 Å². The molecule has 1 atom stereocenters. The minimum absolute atomic E-state index is 0.0118. The molecule has 5 heteroatoms. The molecule has 0 saturated heterocycles. The standard InChI is InChI=1S/C28H28N2O3/c1-33-24-16-8-7-15-23(24)29-26(31)25-21-13-5-6-14-22(21)27(32)30(28(25)17-9-10-18-28)19-20-11-3-2-4-12-20/h2-8,11-16,25H,9-10,17-19H2,1H3,(H,29,31). The summed E-state index contributed by atoms with van der Waals surface area (Å²) < 4.78 is 5.46. The van der Waals surface area contributed by atoms with E-state index < -0.39 is 11.5 Å². The van der Waals surface area contributed by atoms with Gasteiger partial charge >= 0.3 is 0 Å². The Morgan fingerprint density at radius 2 is 1.64 bits per heavy atom. The van der Waals surface area contributed by atoms with Crippen LogP contribution in [0.5, 0.6) is 5.75 Å². The number of hydrogen-bond acceptors (Lipinski definition) is 3. The van der Waals surface area contributed by atoms with Gasteiger partial charge in [-0.2, -0.15) is 0 Å². The summed E-state index contributed by atoms with van der Waals surface area (Å²) in [5.74, 6) is 0.0762. The van der Waals surface area contributed by atoms with Gasteiger partial charge in [0, 0.05) is 12.1 Å². The number of nitrogens with zero attached hydrogens (tertiary/aromatic N) is 1. The van der Waals surface area contributed by atoms with Crippen molar-refractivity contribution in [1.82, 2.24) is 4.90 Å². The normalized spacial score (nSPS) is 18.8. The molecule has 5 rings (SSSR count). The highest BCUT2D eigenvalue weighted by Crippen LogP contribution is 2.51. The zero-order valence-corrected chi connectivity index (χ0v) is 18.8. The largest absolute Gasteiger partial charge is 0.495 e. The summed E-state index contributed by atoms with van der Waals surface area (Å²) in [4.78, 5) is 29.7. The number of fused-ring (bicyclic) bond motifs is 1. The lowest BCUT2D eigenvalue weighted by Gasteiger charge is -2.50. The fraction of sp³-hybridized carbons (Fsp3) is 0.286. The summed E-state index contributed by atoms with van der Waals surface area (Å²) in [5, 5.41) is 3.12. The number of para-hydroxylation sites is 2. The molecule has 168 valence electrons. The number of amides is 2. The van der Waals surface area contributed by atoms with Crippen molar-refractivity contribution in [3.63, 3.8) is 0 Å². The van der Waals surface area contributed by atoms with E-state index in [1.54, 1.807) is 7.11 Å². The maximum Gasteiger partial charge on any atom is 0.254 e. The zero-order chi connectivity index (χ0) is 22.8. The van der Waals surface area contributed by atoms with Gasteiger partial charge in [-0.25, -0.2) is 0 Å². The van der Waals surface area contributed by atoms with E-state index in [4.69, 9.17) is 4.74 Å². The topological polar surface area (TPSA) is 58.6 Å². The van der Waals surface area contributed by atoms with Crippen molar-refractivity contribution in [2.45, 2.75) is 43.7 Å². The number of nitrogens with one attached hydrogen (secondary N) is 1. The van der Waals surface area contributed by atoms with E-state index in [0.29, 0.717) is 23.5 Å². The van der Waals surface area contributed by atoms with Crippen molar-refractivity contribution in [2.75, 3.05) is 12.4 Å². The first-order valence-corrected chi connectivity index (χ1v) is 11.5. The monoisotopic (exact) mass is 440 g/mol. The van der Waals surface area contributed by atoms with Crippen LogP contribution >= 0.6 is 0 Å². The molecule has 0 aromatic heterocycles. The van der Waals surface area contributed by atoms with Crippen LogP contribution in [0.3, 0.4) is 0 Å². The van der Waals surface area contributed by atoms with E-state index in [-0.39, 0.29) is 11.8 Å². The Morgan fingerprint density at radius 1 is 0.970 bits per heavy atom. The minimum atomic E-state index is -0.548. The highest BCUT2D eigenvalue weighted by Gasteiger charge is 2.55. The molecule has 5 nitrogen and oxygen atoms in total. The van der Waals surface area contributed by atoms with E-state index in [0.717, 1.165) is 36.8 Å². The molecule has 0 radical (unpaired) electrons. The quantitative estimate of drug-likeness (QED) is 0.579. The predicted molar refractivity (Wildman–Crippen MR) is 128 cm³/mol. The lowest BCUT2D eigenvalue weighted by Crippen LogP contribution is -2.59. The number of rotatable bonds is 5. The third-order valence-electron chi connectivity index (χ3n) is 7.10. The Bertz CT molecular complexity index is 1170. The second-order valence-corrected chi connectivity index (χ2v) is 8.90. The molecule has 1 fully saturated rings. The molecule has 1 heterocycles. The first-order chi connectivity index (χ1) is 16.1. The highest BCUT2D eigenvalue weighted by molar-refractivity contribution is 6.05. The third kappa shape index (κ3) is 3.67. The van der Waals surface area contributed by atoms with Gasteiger partial charge in [-0.3, -0.25) is 9.59 Å². The Hall–Kier alpha value is -3.60. The summed E-state index contributed by atoms with van der Waals surface area (Å²) in [6.07, 6.45) is 3.62. The van der Waals surface area contributed by atoms with Gasteiger partial charge < -0.3 is 15.0 Å². The number of carbonyl (C=O) groups excluding carboxylic acids is 2. The smallest absolute Gasteiger partial charge is 0.254 e. The van der Waals surface area contributed by atoms with Crippen molar-refractivity contribution in [2.24, 2.45) is 0 Å². The molecule has 3 aromatic carbocycles. The molecular formula is C28H28N2O3.